The normalized spacial score (nSPS) is 38.0. The van der Waals surface area contributed by atoms with Gasteiger partial charge in [-0.15, -0.1) is 0 Å². The van der Waals surface area contributed by atoms with Gasteiger partial charge in [0.25, 0.3) is 0 Å². The first-order valence-electron chi connectivity index (χ1n) is 7.88. The van der Waals surface area contributed by atoms with Crippen molar-refractivity contribution in [3.05, 3.63) is 0 Å². The van der Waals surface area contributed by atoms with Crippen molar-refractivity contribution >= 4 is 0 Å². The summed E-state index contributed by atoms with van der Waals surface area (Å²) >= 11 is 0. The van der Waals surface area contributed by atoms with Crippen LogP contribution in [-0.4, -0.2) is 23.8 Å². The molecule has 0 aliphatic heterocycles. The van der Waals surface area contributed by atoms with Crippen LogP contribution in [0.3, 0.4) is 0 Å². The van der Waals surface area contributed by atoms with E-state index in [0.29, 0.717) is 17.4 Å². The highest BCUT2D eigenvalue weighted by atomic mass is 16.3. The molecule has 0 spiro atoms. The molecule has 2 N–H and O–H groups in total. The van der Waals surface area contributed by atoms with Crippen LogP contribution in [0.1, 0.15) is 65.7 Å². The molecule has 106 valence electrons. The molecule has 0 amide bonds. The predicted molar refractivity (Wildman–Crippen MR) is 76.6 cm³/mol. The Bertz CT molecular complexity index is 258. The molecule has 2 heteroatoms. The van der Waals surface area contributed by atoms with E-state index in [1.807, 2.05) is 0 Å². The summed E-state index contributed by atoms with van der Waals surface area (Å²) in [4.78, 5) is 0. The zero-order valence-electron chi connectivity index (χ0n) is 12.4. The van der Waals surface area contributed by atoms with Crippen LogP contribution < -0.4 is 5.32 Å². The molecule has 0 bridgehead atoms. The molecule has 0 aromatic heterocycles. The second-order valence-corrected chi connectivity index (χ2v) is 7.60. The second kappa shape index (κ2) is 5.92. The first kappa shape index (κ1) is 14.3. The predicted octanol–water partition coefficient (Wildman–Crippen LogP) is 3.34. The maximum Gasteiger partial charge on any atom is 0.0543 e. The van der Waals surface area contributed by atoms with Crippen LogP contribution in [0, 0.1) is 17.3 Å². The Morgan fingerprint density at radius 2 is 1.78 bits per heavy atom. The molecule has 0 heterocycles. The second-order valence-electron chi connectivity index (χ2n) is 7.60. The third kappa shape index (κ3) is 3.71. The van der Waals surface area contributed by atoms with Gasteiger partial charge in [0.1, 0.15) is 0 Å². The fourth-order valence-corrected chi connectivity index (χ4v) is 3.96. The maximum atomic E-state index is 9.59. The van der Waals surface area contributed by atoms with Gasteiger partial charge >= 0.3 is 0 Å². The average Bonchev–Trinajstić information content (AvgIpc) is 2.72. The Labute approximate surface area is 113 Å². The summed E-state index contributed by atoms with van der Waals surface area (Å²) in [6, 6.07) is 0.705. The van der Waals surface area contributed by atoms with E-state index in [0.717, 1.165) is 25.3 Å². The van der Waals surface area contributed by atoms with Crippen LogP contribution in [0.2, 0.25) is 0 Å². The number of rotatable bonds is 3. The van der Waals surface area contributed by atoms with E-state index in [9.17, 15) is 5.11 Å². The molecule has 2 aliphatic rings. The van der Waals surface area contributed by atoms with Crippen molar-refractivity contribution in [3.8, 4) is 0 Å². The van der Waals surface area contributed by atoms with Crippen LogP contribution in [0.5, 0.6) is 0 Å². The molecule has 0 radical (unpaired) electrons. The number of nitrogens with one attached hydrogen (secondary N) is 1. The zero-order chi connectivity index (χ0) is 13.2. The Kier molecular flexibility index (Phi) is 4.71. The molecular formula is C16H31NO. The van der Waals surface area contributed by atoms with Crippen LogP contribution in [0.15, 0.2) is 0 Å². The molecule has 2 aliphatic carbocycles. The topological polar surface area (TPSA) is 32.3 Å². The lowest BCUT2D eigenvalue weighted by Crippen LogP contribution is -2.45. The molecule has 18 heavy (non-hydrogen) atoms. The van der Waals surface area contributed by atoms with Crippen LogP contribution >= 0.6 is 0 Å². The van der Waals surface area contributed by atoms with Gasteiger partial charge in [-0.1, -0.05) is 33.6 Å². The largest absolute Gasteiger partial charge is 0.393 e. The summed E-state index contributed by atoms with van der Waals surface area (Å²) < 4.78 is 0. The van der Waals surface area contributed by atoms with Crippen molar-refractivity contribution in [3.63, 3.8) is 0 Å². The highest BCUT2D eigenvalue weighted by Crippen LogP contribution is 2.38. The minimum atomic E-state index is -0.0263. The first-order chi connectivity index (χ1) is 8.47. The summed E-state index contributed by atoms with van der Waals surface area (Å²) in [7, 11) is 0. The molecule has 4 unspecified atom stereocenters. The van der Waals surface area contributed by atoms with Gasteiger partial charge in [0.15, 0.2) is 0 Å². The number of aliphatic hydroxyl groups is 1. The molecule has 4 atom stereocenters. The number of hydrogen-bond donors (Lipinski definition) is 2. The number of hydrogen-bond acceptors (Lipinski definition) is 2. The number of aliphatic hydroxyl groups excluding tert-OH is 1. The van der Waals surface area contributed by atoms with E-state index in [1.165, 1.54) is 32.1 Å². The molecule has 2 fully saturated rings. The van der Waals surface area contributed by atoms with Gasteiger partial charge in [-0.25, -0.2) is 0 Å². The lowest BCUT2D eigenvalue weighted by atomic mass is 9.69. The third-order valence-corrected chi connectivity index (χ3v) is 5.06. The lowest BCUT2D eigenvalue weighted by molar-refractivity contribution is 0.126. The molecule has 2 nitrogen and oxygen atoms in total. The SMILES string of the molecule is CC(C)(C)C1CCCCC1NCC1CCC(O)C1. The minimum absolute atomic E-state index is 0.0263. The Morgan fingerprint density at radius 3 is 2.39 bits per heavy atom. The zero-order valence-corrected chi connectivity index (χ0v) is 12.4. The van der Waals surface area contributed by atoms with Gasteiger partial charge in [0.05, 0.1) is 6.10 Å². The third-order valence-electron chi connectivity index (χ3n) is 5.06. The fourth-order valence-electron chi connectivity index (χ4n) is 3.96. The molecule has 2 saturated carbocycles. The molecule has 0 saturated heterocycles. The molecule has 2 rings (SSSR count). The minimum Gasteiger partial charge on any atom is -0.393 e. The van der Waals surface area contributed by atoms with Crippen molar-refractivity contribution in [1.29, 1.82) is 0 Å². The van der Waals surface area contributed by atoms with Gasteiger partial charge in [-0.2, -0.15) is 0 Å². The smallest absolute Gasteiger partial charge is 0.0543 e. The Balaban J connectivity index is 1.82. The highest BCUT2D eigenvalue weighted by Gasteiger charge is 2.34. The van der Waals surface area contributed by atoms with Gasteiger partial charge in [-0.05, 0) is 55.9 Å². The average molecular weight is 253 g/mol. The van der Waals surface area contributed by atoms with Crippen molar-refractivity contribution < 1.29 is 5.11 Å². The lowest BCUT2D eigenvalue weighted by Gasteiger charge is -2.41. The van der Waals surface area contributed by atoms with Gasteiger partial charge in [0, 0.05) is 6.04 Å². The van der Waals surface area contributed by atoms with Gasteiger partial charge in [0.2, 0.25) is 0 Å². The van der Waals surface area contributed by atoms with Crippen LogP contribution in [0.25, 0.3) is 0 Å². The first-order valence-corrected chi connectivity index (χ1v) is 7.88. The van der Waals surface area contributed by atoms with E-state index in [4.69, 9.17) is 0 Å². The van der Waals surface area contributed by atoms with Crippen LogP contribution in [0.4, 0.5) is 0 Å². The molecule has 0 aromatic rings. The highest BCUT2D eigenvalue weighted by molar-refractivity contribution is 4.89. The molecule has 0 aromatic carbocycles. The summed E-state index contributed by atoms with van der Waals surface area (Å²) in [5, 5.41) is 13.4. The maximum absolute atomic E-state index is 9.59. The van der Waals surface area contributed by atoms with E-state index < -0.39 is 0 Å². The Morgan fingerprint density at radius 1 is 1.06 bits per heavy atom. The fraction of sp³-hybridized carbons (Fsp3) is 1.00. The summed E-state index contributed by atoms with van der Waals surface area (Å²) in [5.74, 6) is 1.53. The van der Waals surface area contributed by atoms with E-state index >= 15 is 0 Å². The Hall–Kier alpha value is -0.0800. The monoisotopic (exact) mass is 253 g/mol. The molecular weight excluding hydrogens is 222 g/mol. The van der Waals surface area contributed by atoms with Crippen molar-refractivity contribution in [2.24, 2.45) is 17.3 Å². The van der Waals surface area contributed by atoms with E-state index in [-0.39, 0.29) is 6.10 Å². The van der Waals surface area contributed by atoms with Crippen molar-refractivity contribution in [2.75, 3.05) is 6.54 Å². The van der Waals surface area contributed by atoms with Gasteiger partial charge < -0.3 is 10.4 Å². The van der Waals surface area contributed by atoms with Crippen molar-refractivity contribution in [1.82, 2.24) is 5.32 Å². The van der Waals surface area contributed by atoms with Gasteiger partial charge in [-0.3, -0.25) is 0 Å². The quantitative estimate of drug-likeness (QED) is 0.808. The van der Waals surface area contributed by atoms with Crippen molar-refractivity contribution in [2.45, 2.75) is 77.9 Å². The van der Waals surface area contributed by atoms with E-state index in [1.54, 1.807) is 0 Å². The standard InChI is InChI=1S/C16H31NO/c1-16(2,3)14-6-4-5-7-15(14)17-11-12-8-9-13(18)10-12/h12-15,17-18H,4-11H2,1-3H3. The summed E-state index contributed by atoms with van der Waals surface area (Å²) in [6.07, 6.45) is 8.73. The van der Waals surface area contributed by atoms with Crippen LogP contribution in [-0.2, 0) is 0 Å². The van der Waals surface area contributed by atoms with E-state index in [2.05, 4.69) is 26.1 Å². The summed E-state index contributed by atoms with van der Waals surface area (Å²) in [5.41, 5.74) is 0.424. The summed E-state index contributed by atoms with van der Waals surface area (Å²) in [6.45, 7) is 8.28.